The van der Waals surface area contributed by atoms with Gasteiger partial charge in [0.15, 0.2) is 0 Å². The largest absolute Gasteiger partial charge is 0.491 e. The van der Waals surface area contributed by atoms with Crippen molar-refractivity contribution in [2.75, 3.05) is 23.8 Å². The first-order chi connectivity index (χ1) is 17.6. The molecule has 0 bridgehead atoms. The van der Waals surface area contributed by atoms with Crippen molar-refractivity contribution in [1.82, 2.24) is 4.98 Å². The van der Waals surface area contributed by atoms with Gasteiger partial charge in [0.25, 0.3) is 5.91 Å². The predicted octanol–water partition coefficient (Wildman–Crippen LogP) is 5.11. The molecular weight excluding hydrogens is 496 g/mol. The van der Waals surface area contributed by atoms with Crippen LogP contribution in [0, 0.1) is 5.82 Å². The Bertz CT molecular complexity index is 1470. The minimum absolute atomic E-state index is 0.101. The monoisotopic (exact) mass is 516 g/mol. The molecule has 0 saturated carbocycles. The van der Waals surface area contributed by atoms with E-state index >= 15 is 0 Å². The van der Waals surface area contributed by atoms with Crippen LogP contribution in [0.15, 0.2) is 60.7 Å². The van der Waals surface area contributed by atoms with Crippen LogP contribution < -0.4 is 21.1 Å². The Hall–Kier alpha value is -4.58. The summed E-state index contributed by atoms with van der Waals surface area (Å²) in [7, 11) is 0. The van der Waals surface area contributed by atoms with Crippen molar-refractivity contribution in [3.63, 3.8) is 0 Å². The SMILES string of the molecule is NC(=O)c1[nH]c2cc(OCCO)ccc2c1-c1ccc(NC(=O)Nc2cc(C(F)(F)F)ccc2F)cc1. The Morgan fingerprint density at radius 3 is 2.38 bits per heavy atom. The van der Waals surface area contributed by atoms with E-state index in [0.29, 0.717) is 46.0 Å². The van der Waals surface area contributed by atoms with Crippen molar-refractivity contribution in [3.8, 4) is 16.9 Å². The molecule has 0 unspecified atom stereocenters. The van der Waals surface area contributed by atoms with E-state index in [0.717, 1.165) is 0 Å². The quantitative estimate of drug-likeness (QED) is 0.219. The van der Waals surface area contributed by atoms with Crippen LogP contribution in [0.3, 0.4) is 0 Å². The number of aromatic nitrogens is 1. The van der Waals surface area contributed by atoms with Crippen LogP contribution in [0.4, 0.5) is 33.7 Å². The van der Waals surface area contributed by atoms with Gasteiger partial charge in [-0.2, -0.15) is 13.2 Å². The standard InChI is InChI=1S/C25H20F4N4O4/c26-18-8-3-14(25(27,28)29)11-20(18)33-24(36)31-15-4-1-13(2-5-15)21-17-7-6-16(37-10-9-34)12-19(17)32-22(21)23(30)35/h1-8,11-12,32,34H,9-10H2,(H2,30,35)(H2,31,33,36). The molecule has 3 aromatic carbocycles. The summed E-state index contributed by atoms with van der Waals surface area (Å²) in [6.45, 7) is -0.0575. The molecule has 0 aliphatic heterocycles. The van der Waals surface area contributed by atoms with Crippen molar-refractivity contribution >= 4 is 34.2 Å². The molecule has 4 rings (SSSR count). The summed E-state index contributed by atoms with van der Waals surface area (Å²) in [4.78, 5) is 27.3. The summed E-state index contributed by atoms with van der Waals surface area (Å²) < 4.78 is 58.0. The number of hydrogen-bond donors (Lipinski definition) is 5. The number of alkyl halides is 3. The number of ether oxygens (including phenoxy) is 1. The van der Waals surface area contributed by atoms with Gasteiger partial charge in [-0.05, 0) is 48.0 Å². The fourth-order valence-corrected chi connectivity index (χ4v) is 3.72. The number of rotatable bonds is 7. The highest BCUT2D eigenvalue weighted by atomic mass is 19.4. The van der Waals surface area contributed by atoms with E-state index in [-0.39, 0.29) is 24.6 Å². The van der Waals surface area contributed by atoms with Gasteiger partial charge in [-0.25, -0.2) is 9.18 Å². The lowest BCUT2D eigenvalue weighted by Gasteiger charge is -2.12. The predicted molar refractivity (Wildman–Crippen MR) is 129 cm³/mol. The van der Waals surface area contributed by atoms with E-state index in [2.05, 4.69) is 15.6 Å². The molecule has 0 radical (unpaired) electrons. The molecule has 1 aromatic heterocycles. The number of carbonyl (C=O) groups is 2. The number of aliphatic hydroxyl groups is 1. The van der Waals surface area contributed by atoms with Gasteiger partial charge in [0, 0.05) is 22.7 Å². The van der Waals surface area contributed by atoms with Gasteiger partial charge >= 0.3 is 12.2 Å². The van der Waals surface area contributed by atoms with E-state index in [1.165, 1.54) is 12.1 Å². The van der Waals surface area contributed by atoms with Crippen LogP contribution >= 0.6 is 0 Å². The summed E-state index contributed by atoms with van der Waals surface area (Å²) in [5.74, 6) is -1.25. The van der Waals surface area contributed by atoms with Gasteiger partial charge in [0.05, 0.1) is 23.4 Å². The molecule has 4 aromatic rings. The first-order valence-electron chi connectivity index (χ1n) is 10.8. The summed E-state index contributed by atoms with van der Waals surface area (Å²) in [6, 6.07) is 12.0. The van der Waals surface area contributed by atoms with Gasteiger partial charge in [-0.15, -0.1) is 0 Å². The maximum atomic E-state index is 13.9. The molecule has 3 amide bonds. The molecule has 0 aliphatic rings. The number of benzene rings is 3. The second-order valence-electron chi connectivity index (χ2n) is 7.87. The number of primary amides is 1. The van der Waals surface area contributed by atoms with Crippen molar-refractivity contribution in [3.05, 3.63) is 77.7 Å². The van der Waals surface area contributed by atoms with Crippen LogP contribution in [0.1, 0.15) is 16.1 Å². The van der Waals surface area contributed by atoms with Crippen LogP contribution in [-0.2, 0) is 6.18 Å². The second-order valence-corrected chi connectivity index (χ2v) is 7.87. The van der Waals surface area contributed by atoms with Crippen LogP contribution in [0.5, 0.6) is 5.75 Å². The fourth-order valence-electron chi connectivity index (χ4n) is 3.72. The molecule has 0 fully saturated rings. The van der Waals surface area contributed by atoms with Crippen LogP contribution in [-0.4, -0.2) is 35.2 Å². The number of urea groups is 1. The Morgan fingerprint density at radius 1 is 1.00 bits per heavy atom. The van der Waals surface area contributed by atoms with Gasteiger partial charge in [-0.3, -0.25) is 4.79 Å². The second kappa shape index (κ2) is 10.2. The summed E-state index contributed by atoms with van der Waals surface area (Å²) in [5, 5.41) is 14.1. The van der Waals surface area contributed by atoms with Crippen LogP contribution in [0.2, 0.25) is 0 Å². The maximum absolute atomic E-state index is 13.9. The van der Waals surface area contributed by atoms with Gasteiger partial charge in [0.1, 0.15) is 23.9 Å². The normalized spacial score (nSPS) is 11.4. The number of fused-ring (bicyclic) bond motifs is 1. The number of nitrogens with one attached hydrogen (secondary N) is 3. The molecular formula is C25H20F4N4O4. The number of amides is 3. The molecule has 8 nitrogen and oxygen atoms in total. The highest BCUT2D eigenvalue weighted by Crippen LogP contribution is 2.35. The smallest absolute Gasteiger partial charge is 0.416 e. The molecule has 192 valence electrons. The molecule has 0 aliphatic carbocycles. The number of H-pyrrole nitrogens is 1. The first kappa shape index (κ1) is 25.5. The number of aromatic amines is 1. The number of nitrogens with two attached hydrogens (primary N) is 1. The molecule has 0 saturated heterocycles. The molecule has 12 heteroatoms. The Balaban J connectivity index is 1.55. The number of halogens is 4. The van der Waals surface area contributed by atoms with E-state index in [4.69, 9.17) is 15.6 Å². The Morgan fingerprint density at radius 2 is 1.73 bits per heavy atom. The van der Waals surface area contributed by atoms with E-state index in [9.17, 15) is 27.2 Å². The zero-order valence-corrected chi connectivity index (χ0v) is 18.9. The summed E-state index contributed by atoms with van der Waals surface area (Å²) in [6.07, 6.45) is -4.70. The Labute approximate surface area is 207 Å². The third-order valence-electron chi connectivity index (χ3n) is 5.35. The molecule has 1 heterocycles. The first-order valence-corrected chi connectivity index (χ1v) is 10.8. The minimum atomic E-state index is -4.70. The average Bonchev–Trinajstić information content (AvgIpc) is 3.23. The third kappa shape index (κ3) is 5.64. The van der Waals surface area contributed by atoms with E-state index < -0.39 is 35.2 Å². The Kier molecular flexibility index (Phi) is 7.02. The fraction of sp³-hybridized carbons (Fsp3) is 0.120. The molecule has 0 spiro atoms. The third-order valence-corrected chi connectivity index (χ3v) is 5.35. The highest BCUT2D eigenvalue weighted by molar-refractivity contribution is 6.09. The average molecular weight is 516 g/mol. The molecule has 6 N–H and O–H groups in total. The zero-order chi connectivity index (χ0) is 26.7. The lowest BCUT2D eigenvalue weighted by molar-refractivity contribution is -0.137. The van der Waals surface area contributed by atoms with Crippen molar-refractivity contribution in [2.24, 2.45) is 5.73 Å². The van der Waals surface area contributed by atoms with E-state index in [1.54, 1.807) is 30.3 Å². The summed E-state index contributed by atoms with van der Waals surface area (Å²) in [5.41, 5.74) is 5.89. The van der Waals surface area contributed by atoms with Gasteiger partial charge in [0.2, 0.25) is 0 Å². The van der Waals surface area contributed by atoms with E-state index in [1.807, 2.05) is 0 Å². The lowest BCUT2D eigenvalue weighted by atomic mass is 10.0. The molecule has 37 heavy (non-hydrogen) atoms. The molecule has 0 atom stereocenters. The topological polar surface area (TPSA) is 129 Å². The maximum Gasteiger partial charge on any atom is 0.416 e. The van der Waals surface area contributed by atoms with Gasteiger partial charge in [-0.1, -0.05) is 12.1 Å². The lowest BCUT2D eigenvalue weighted by Crippen LogP contribution is -2.20. The summed E-state index contributed by atoms with van der Waals surface area (Å²) >= 11 is 0. The minimum Gasteiger partial charge on any atom is -0.491 e. The number of anilines is 2. The van der Waals surface area contributed by atoms with Crippen molar-refractivity contribution < 1.29 is 37.0 Å². The number of hydrogen-bond acceptors (Lipinski definition) is 4. The highest BCUT2D eigenvalue weighted by Gasteiger charge is 2.31. The van der Waals surface area contributed by atoms with Gasteiger partial charge < -0.3 is 31.2 Å². The van der Waals surface area contributed by atoms with Crippen molar-refractivity contribution in [2.45, 2.75) is 6.18 Å². The zero-order valence-electron chi connectivity index (χ0n) is 18.9. The van der Waals surface area contributed by atoms with Crippen molar-refractivity contribution in [1.29, 1.82) is 0 Å². The number of aliphatic hydroxyl groups excluding tert-OH is 1. The number of carbonyl (C=O) groups excluding carboxylic acids is 2. The van der Waals surface area contributed by atoms with Crippen LogP contribution in [0.25, 0.3) is 22.0 Å².